The van der Waals surface area contributed by atoms with Crippen LogP contribution >= 0.6 is 0 Å². The van der Waals surface area contributed by atoms with Gasteiger partial charge >= 0.3 is 0 Å². The lowest BCUT2D eigenvalue weighted by molar-refractivity contribution is 0.673. The van der Waals surface area contributed by atoms with E-state index in [-0.39, 0.29) is 17.8 Å². The Balaban J connectivity index is 1.16. The third-order valence-corrected chi connectivity index (χ3v) is 15.5. The molecular formula is C75H67N5O. The molecule has 1 aliphatic carbocycles. The van der Waals surface area contributed by atoms with Crippen LogP contribution in [-0.2, 0) is 6.42 Å². The number of rotatable bonds is 20. The fraction of sp³-hybridized carbons (Fsp3) is 0.133. The van der Waals surface area contributed by atoms with Crippen molar-refractivity contribution in [1.29, 1.82) is 0 Å². The maximum Gasteiger partial charge on any atom is 0.163 e. The highest BCUT2D eigenvalue weighted by Crippen LogP contribution is 2.46. The van der Waals surface area contributed by atoms with Gasteiger partial charge in [0.1, 0.15) is 17.0 Å². The summed E-state index contributed by atoms with van der Waals surface area (Å²) < 4.78 is 12.1. The minimum absolute atomic E-state index is 0.171. The zero-order valence-electron chi connectivity index (χ0n) is 46.5. The number of para-hydroxylation sites is 3. The molecule has 0 amide bonds. The van der Waals surface area contributed by atoms with Crippen molar-refractivity contribution < 1.29 is 4.42 Å². The highest BCUT2D eigenvalue weighted by molar-refractivity contribution is 6.26. The van der Waals surface area contributed by atoms with Crippen molar-refractivity contribution in [3.63, 3.8) is 0 Å². The summed E-state index contributed by atoms with van der Waals surface area (Å²) in [5.74, 6) is 1.50. The molecule has 6 heteroatoms. The largest absolute Gasteiger partial charge is 0.455 e. The van der Waals surface area contributed by atoms with E-state index in [1.165, 1.54) is 10.9 Å². The Morgan fingerprint density at radius 2 is 1.47 bits per heavy atom. The predicted octanol–water partition coefficient (Wildman–Crippen LogP) is 19.9. The van der Waals surface area contributed by atoms with Gasteiger partial charge in [-0.2, -0.15) is 0 Å². The average molecular weight is 1050 g/mol. The van der Waals surface area contributed by atoms with Gasteiger partial charge in [-0.15, -0.1) is 13.2 Å². The smallest absolute Gasteiger partial charge is 0.163 e. The quantitative estimate of drug-likeness (QED) is 0.0564. The van der Waals surface area contributed by atoms with Gasteiger partial charge in [-0.25, -0.2) is 15.0 Å². The number of furan rings is 1. The molecule has 1 aliphatic rings. The highest BCUT2D eigenvalue weighted by atomic mass is 16.3. The Kier molecular flexibility index (Phi) is 15.9. The zero-order valence-corrected chi connectivity index (χ0v) is 46.5. The van der Waals surface area contributed by atoms with Crippen LogP contribution in [0.2, 0.25) is 0 Å². The molecule has 3 atom stereocenters. The SMILES string of the molecule is C=CCC(C=C)c1nc(C(=C)CC(/C(=C/C(/C=C\Cc2ccccc2)=C/C)n2c3ccccc3c3c4oc5cc6c7ccccc7n(-c7ccccc7)c6cc5c4ccc32)/C(C=C)=C/C=C/C2C=CC=CC2)nc(C(/C=C\C)=C/C)n1. The first-order chi connectivity index (χ1) is 39.8. The maximum atomic E-state index is 7.24. The van der Waals surface area contributed by atoms with Gasteiger partial charge in [0.25, 0.3) is 0 Å². The van der Waals surface area contributed by atoms with Gasteiger partial charge in [-0.3, -0.25) is 0 Å². The van der Waals surface area contributed by atoms with Crippen LogP contribution in [0.1, 0.15) is 69.0 Å². The minimum Gasteiger partial charge on any atom is -0.455 e. The van der Waals surface area contributed by atoms with Crippen LogP contribution in [0.5, 0.6) is 0 Å². The molecule has 6 aromatic carbocycles. The Morgan fingerprint density at radius 3 is 2.20 bits per heavy atom. The van der Waals surface area contributed by atoms with Crippen LogP contribution < -0.4 is 0 Å². The van der Waals surface area contributed by atoms with Crippen molar-refractivity contribution in [3.8, 4) is 5.69 Å². The van der Waals surface area contributed by atoms with Crippen LogP contribution in [0.3, 0.4) is 0 Å². The summed E-state index contributed by atoms with van der Waals surface area (Å²) in [6.45, 7) is 23.8. The molecule has 10 aromatic rings. The molecule has 0 saturated carbocycles. The number of hydrogen-bond acceptors (Lipinski definition) is 4. The molecule has 3 unspecified atom stereocenters. The third kappa shape index (κ3) is 10.7. The number of aromatic nitrogens is 5. The maximum absolute atomic E-state index is 7.24. The molecule has 4 aromatic heterocycles. The van der Waals surface area contributed by atoms with E-state index in [1.807, 2.05) is 50.3 Å². The summed E-state index contributed by atoms with van der Waals surface area (Å²) in [6.07, 6.45) is 39.0. The summed E-state index contributed by atoms with van der Waals surface area (Å²) in [5, 5.41) is 6.56. The van der Waals surface area contributed by atoms with Crippen molar-refractivity contribution in [3.05, 3.63) is 297 Å². The van der Waals surface area contributed by atoms with Crippen molar-refractivity contribution in [1.82, 2.24) is 24.1 Å². The van der Waals surface area contributed by atoms with E-state index in [9.17, 15) is 0 Å². The van der Waals surface area contributed by atoms with E-state index in [2.05, 4.69) is 236 Å². The second kappa shape index (κ2) is 24.2. The lowest BCUT2D eigenvalue weighted by Crippen LogP contribution is -2.15. The van der Waals surface area contributed by atoms with Crippen molar-refractivity contribution in [2.75, 3.05) is 0 Å². The van der Waals surface area contributed by atoms with E-state index in [1.54, 1.807) is 0 Å². The minimum atomic E-state index is -0.333. The molecule has 6 nitrogen and oxygen atoms in total. The Morgan fingerprint density at radius 1 is 0.716 bits per heavy atom. The fourth-order valence-electron chi connectivity index (χ4n) is 11.5. The zero-order chi connectivity index (χ0) is 55.8. The van der Waals surface area contributed by atoms with Gasteiger partial charge in [0.05, 0.1) is 27.5 Å². The lowest BCUT2D eigenvalue weighted by Gasteiger charge is -2.26. The van der Waals surface area contributed by atoms with E-state index in [0.29, 0.717) is 30.3 Å². The Bertz CT molecular complexity index is 4340. The highest BCUT2D eigenvalue weighted by Gasteiger charge is 2.28. The lowest BCUT2D eigenvalue weighted by atomic mass is 9.86. The molecule has 81 heavy (non-hydrogen) atoms. The molecule has 0 saturated heterocycles. The van der Waals surface area contributed by atoms with E-state index in [4.69, 9.17) is 25.9 Å². The van der Waals surface area contributed by atoms with E-state index >= 15 is 0 Å². The predicted molar refractivity (Wildman–Crippen MR) is 345 cm³/mol. The summed E-state index contributed by atoms with van der Waals surface area (Å²) >= 11 is 0. The Labute approximate surface area is 475 Å². The second-order valence-corrected chi connectivity index (χ2v) is 20.6. The summed E-state index contributed by atoms with van der Waals surface area (Å²) in [4.78, 5) is 15.5. The fourth-order valence-corrected chi connectivity index (χ4v) is 11.5. The summed E-state index contributed by atoms with van der Waals surface area (Å²) in [6, 6.07) is 47.7. The van der Waals surface area contributed by atoms with Crippen LogP contribution in [0.4, 0.5) is 0 Å². The number of nitrogens with zero attached hydrogens (tertiary/aromatic N) is 5. The molecule has 0 spiro atoms. The molecule has 0 N–H and O–H groups in total. The van der Waals surface area contributed by atoms with Gasteiger partial charge in [0.15, 0.2) is 11.6 Å². The third-order valence-electron chi connectivity index (χ3n) is 15.5. The number of fused-ring (bicyclic) bond motifs is 10. The van der Waals surface area contributed by atoms with Crippen molar-refractivity contribution in [2.45, 2.75) is 52.4 Å². The summed E-state index contributed by atoms with van der Waals surface area (Å²) in [7, 11) is 0. The molecule has 11 rings (SSSR count). The van der Waals surface area contributed by atoms with Crippen LogP contribution in [0.25, 0.3) is 88.1 Å². The van der Waals surface area contributed by atoms with Gasteiger partial charge in [-0.1, -0.05) is 195 Å². The van der Waals surface area contributed by atoms with Gasteiger partial charge in [0, 0.05) is 55.7 Å². The number of benzene rings is 6. The molecule has 0 aliphatic heterocycles. The molecule has 0 radical (unpaired) electrons. The first kappa shape index (κ1) is 53.4. The normalized spacial score (nSPS) is 15.5. The summed E-state index contributed by atoms with van der Waals surface area (Å²) in [5.41, 5.74) is 13.1. The molecule has 0 bridgehead atoms. The van der Waals surface area contributed by atoms with Gasteiger partial charge in [0.2, 0.25) is 0 Å². The molecule has 4 heterocycles. The van der Waals surface area contributed by atoms with E-state index < -0.39 is 0 Å². The van der Waals surface area contributed by atoms with Crippen LogP contribution in [-0.4, -0.2) is 24.1 Å². The second-order valence-electron chi connectivity index (χ2n) is 20.6. The van der Waals surface area contributed by atoms with Crippen LogP contribution in [0.15, 0.2) is 279 Å². The van der Waals surface area contributed by atoms with Gasteiger partial charge in [-0.05, 0) is 129 Å². The average Bonchev–Trinajstić information content (AvgIpc) is 3.11. The van der Waals surface area contributed by atoms with Crippen molar-refractivity contribution >= 4 is 82.4 Å². The first-order valence-corrected chi connectivity index (χ1v) is 28.1. The molecular weight excluding hydrogens is 987 g/mol. The monoisotopic (exact) mass is 1050 g/mol. The van der Waals surface area contributed by atoms with Crippen LogP contribution in [0, 0.1) is 11.8 Å². The molecule has 398 valence electrons. The number of hydrogen-bond donors (Lipinski definition) is 0. The van der Waals surface area contributed by atoms with E-state index in [0.717, 1.165) is 107 Å². The topological polar surface area (TPSA) is 61.7 Å². The van der Waals surface area contributed by atoms with Gasteiger partial charge < -0.3 is 13.6 Å². The standard InChI is InChI=1S/C75H67N5O/c1-8-29-56(12-5)74-76-73(77-75(78-74)57(13-6)30-9-2)51(7)47-62(55(11-4)38-28-37-54-33-19-15-20-34-54)68(48-52(10-3)35-27-36-53-31-17-14-18-32-53)80-66-44-26-24-42-61(66)71-67(80)46-45-60-64-49-69-63(50-70(64)81-72(60)71)59-41-23-25-43-65(59)79(69)58-39-21-16-22-40-58/h8-28,30-33,35,37-46,48-50,54,56,62H,1,4-5,7,29,34,36,47H2,2-3,6H3/b30-9-,35-27-,37-28+,52-10+,55-38+,57-13+,68-48-. The molecule has 0 fully saturated rings. The first-order valence-electron chi connectivity index (χ1n) is 28.1. The Hall–Kier alpha value is -9.65. The number of allylic oxidation sites excluding steroid dienone is 22. The van der Waals surface area contributed by atoms with Crippen molar-refractivity contribution in [2.24, 2.45) is 11.8 Å².